The Balaban J connectivity index is 2.35. The van der Waals surface area contributed by atoms with Gasteiger partial charge in [-0.15, -0.1) is 0 Å². The smallest absolute Gasteiger partial charge is 0.312 e. The maximum Gasteiger partial charge on any atom is 0.416 e. The van der Waals surface area contributed by atoms with Crippen molar-refractivity contribution in [2.45, 2.75) is 12.6 Å². The van der Waals surface area contributed by atoms with Gasteiger partial charge in [-0.1, -0.05) is 31.9 Å². The summed E-state index contributed by atoms with van der Waals surface area (Å²) in [5, 5.41) is 0.662. The van der Waals surface area contributed by atoms with Gasteiger partial charge >= 0.3 is 6.18 Å². The highest BCUT2D eigenvalue weighted by molar-refractivity contribution is 9.10. The van der Waals surface area contributed by atoms with Crippen LogP contribution < -0.4 is 4.90 Å². The molecule has 1 heterocycles. The number of nitrogens with zero attached hydrogens (tertiary/aromatic N) is 1. The SMILES string of the molecule is O=C1CC(CBr)CN1c1cc(Br)cc(C(F)(F)F)c1. The Hall–Kier alpha value is -0.560. The van der Waals surface area contributed by atoms with Crippen molar-refractivity contribution < 1.29 is 18.0 Å². The highest BCUT2D eigenvalue weighted by atomic mass is 79.9. The maximum absolute atomic E-state index is 12.7. The van der Waals surface area contributed by atoms with Crippen LogP contribution in [0.15, 0.2) is 22.7 Å². The Labute approximate surface area is 125 Å². The lowest BCUT2D eigenvalue weighted by Gasteiger charge is -2.19. The van der Waals surface area contributed by atoms with Crippen molar-refractivity contribution in [1.82, 2.24) is 0 Å². The van der Waals surface area contributed by atoms with Gasteiger partial charge in [0.05, 0.1) is 5.56 Å². The number of hydrogen-bond acceptors (Lipinski definition) is 1. The molecule has 104 valence electrons. The number of alkyl halides is 4. The van der Waals surface area contributed by atoms with Crippen LogP contribution in [0.5, 0.6) is 0 Å². The fourth-order valence-corrected chi connectivity index (χ4v) is 2.94. The number of hydrogen-bond donors (Lipinski definition) is 0. The van der Waals surface area contributed by atoms with Gasteiger partial charge in [-0.25, -0.2) is 0 Å². The van der Waals surface area contributed by atoms with Crippen LogP contribution >= 0.6 is 31.9 Å². The Bertz CT molecular complexity index is 504. The van der Waals surface area contributed by atoms with Crippen molar-refractivity contribution in [2.24, 2.45) is 5.92 Å². The van der Waals surface area contributed by atoms with Crippen LogP contribution in [0.4, 0.5) is 18.9 Å². The van der Waals surface area contributed by atoms with Crippen molar-refractivity contribution in [3.8, 4) is 0 Å². The number of rotatable bonds is 2. The summed E-state index contributed by atoms with van der Waals surface area (Å²) in [7, 11) is 0. The quantitative estimate of drug-likeness (QED) is 0.681. The average Bonchev–Trinajstić information content (AvgIpc) is 2.68. The van der Waals surface area contributed by atoms with Crippen LogP contribution in [0, 0.1) is 5.92 Å². The fraction of sp³-hybridized carbons (Fsp3) is 0.417. The molecule has 0 aliphatic carbocycles. The molecule has 1 aromatic carbocycles. The van der Waals surface area contributed by atoms with E-state index in [2.05, 4.69) is 31.9 Å². The first-order chi connectivity index (χ1) is 8.81. The van der Waals surface area contributed by atoms with Crippen LogP contribution in [0.25, 0.3) is 0 Å². The molecule has 1 saturated heterocycles. The van der Waals surface area contributed by atoms with E-state index >= 15 is 0 Å². The molecule has 7 heteroatoms. The molecule has 19 heavy (non-hydrogen) atoms. The Morgan fingerprint density at radius 1 is 1.32 bits per heavy atom. The van der Waals surface area contributed by atoms with Gasteiger partial charge < -0.3 is 4.90 Å². The predicted octanol–water partition coefficient (Wildman–Crippen LogP) is 4.22. The molecule has 2 nitrogen and oxygen atoms in total. The maximum atomic E-state index is 12.7. The molecule has 0 saturated carbocycles. The molecule has 1 fully saturated rings. The van der Waals surface area contributed by atoms with Crippen molar-refractivity contribution in [1.29, 1.82) is 0 Å². The van der Waals surface area contributed by atoms with Gasteiger partial charge in [0.25, 0.3) is 0 Å². The van der Waals surface area contributed by atoms with Gasteiger partial charge in [-0.3, -0.25) is 4.79 Å². The Morgan fingerprint density at radius 3 is 2.53 bits per heavy atom. The lowest BCUT2D eigenvalue weighted by Crippen LogP contribution is -2.25. The first kappa shape index (κ1) is 14.8. The molecule has 1 aliphatic rings. The highest BCUT2D eigenvalue weighted by Gasteiger charge is 2.34. The molecule has 0 radical (unpaired) electrons. The number of amides is 1. The summed E-state index contributed by atoms with van der Waals surface area (Å²) in [6.07, 6.45) is -4.06. The summed E-state index contributed by atoms with van der Waals surface area (Å²) >= 11 is 6.35. The molecule has 1 unspecified atom stereocenters. The molecule has 0 N–H and O–H groups in total. The molecule has 0 aromatic heterocycles. The molecule has 1 atom stereocenters. The number of carbonyl (C=O) groups excluding carboxylic acids is 1. The van der Waals surface area contributed by atoms with Crippen LogP contribution in [-0.2, 0) is 11.0 Å². The zero-order valence-electron chi connectivity index (χ0n) is 9.68. The lowest BCUT2D eigenvalue weighted by molar-refractivity contribution is -0.137. The second kappa shape index (κ2) is 5.44. The van der Waals surface area contributed by atoms with Crippen molar-refractivity contribution in [3.63, 3.8) is 0 Å². The molecule has 1 aliphatic heterocycles. The topological polar surface area (TPSA) is 20.3 Å². The van der Waals surface area contributed by atoms with Crippen LogP contribution in [0.2, 0.25) is 0 Å². The largest absolute Gasteiger partial charge is 0.416 e. The van der Waals surface area contributed by atoms with Gasteiger partial charge in [-0.05, 0) is 24.1 Å². The second-order valence-corrected chi connectivity index (χ2v) is 5.99. The van der Waals surface area contributed by atoms with Gasteiger partial charge in [0.2, 0.25) is 5.91 Å². The van der Waals surface area contributed by atoms with E-state index in [0.717, 1.165) is 12.1 Å². The van der Waals surface area contributed by atoms with E-state index in [1.165, 1.54) is 11.0 Å². The molecular formula is C12H10Br2F3NO. The minimum Gasteiger partial charge on any atom is -0.312 e. The second-order valence-electron chi connectivity index (χ2n) is 4.42. The van der Waals surface area contributed by atoms with E-state index in [1.54, 1.807) is 0 Å². The van der Waals surface area contributed by atoms with E-state index in [4.69, 9.17) is 0 Å². The monoisotopic (exact) mass is 399 g/mol. The number of anilines is 1. The van der Waals surface area contributed by atoms with E-state index in [9.17, 15) is 18.0 Å². The Kier molecular flexibility index (Phi) is 4.25. The molecule has 1 aromatic rings. The average molecular weight is 401 g/mol. The van der Waals surface area contributed by atoms with Gasteiger partial charge in [0.1, 0.15) is 0 Å². The van der Waals surface area contributed by atoms with E-state index in [0.29, 0.717) is 22.8 Å². The zero-order chi connectivity index (χ0) is 14.2. The summed E-state index contributed by atoms with van der Waals surface area (Å²) in [6.45, 7) is 0.442. The van der Waals surface area contributed by atoms with E-state index < -0.39 is 11.7 Å². The van der Waals surface area contributed by atoms with Gasteiger partial charge in [0.15, 0.2) is 0 Å². The number of carbonyl (C=O) groups is 1. The summed E-state index contributed by atoms with van der Waals surface area (Å²) < 4.78 is 38.5. The first-order valence-corrected chi connectivity index (χ1v) is 7.47. The van der Waals surface area contributed by atoms with Crippen LogP contribution in [0.3, 0.4) is 0 Å². The third-order valence-corrected chi connectivity index (χ3v) is 4.32. The first-order valence-electron chi connectivity index (χ1n) is 5.55. The third kappa shape index (κ3) is 3.31. The number of benzene rings is 1. The molecule has 0 bridgehead atoms. The van der Waals surface area contributed by atoms with Crippen molar-refractivity contribution in [3.05, 3.63) is 28.2 Å². The number of halogens is 5. The van der Waals surface area contributed by atoms with E-state index in [-0.39, 0.29) is 17.5 Å². The molecule has 2 rings (SSSR count). The minimum absolute atomic E-state index is 0.140. The summed E-state index contributed by atoms with van der Waals surface area (Å²) in [5.74, 6) is -0.00325. The highest BCUT2D eigenvalue weighted by Crippen LogP contribution is 2.36. The molecule has 0 spiro atoms. The Morgan fingerprint density at radius 2 is 2.00 bits per heavy atom. The molecular weight excluding hydrogens is 391 g/mol. The van der Waals surface area contributed by atoms with Crippen molar-refractivity contribution >= 4 is 43.5 Å². The summed E-state index contributed by atoms with van der Waals surface area (Å²) in [5.41, 5.74) is -0.470. The zero-order valence-corrected chi connectivity index (χ0v) is 12.8. The predicted molar refractivity (Wildman–Crippen MR) is 73.4 cm³/mol. The standard InChI is InChI=1S/C12H10Br2F3NO/c13-5-7-1-11(19)18(6-7)10-3-8(12(15,16)17)2-9(14)4-10/h2-4,7H,1,5-6H2. The van der Waals surface area contributed by atoms with Crippen LogP contribution in [0.1, 0.15) is 12.0 Å². The van der Waals surface area contributed by atoms with E-state index in [1.807, 2.05) is 0 Å². The minimum atomic E-state index is -4.42. The van der Waals surface area contributed by atoms with Gasteiger partial charge in [0, 0.05) is 28.5 Å². The lowest BCUT2D eigenvalue weighted by atomic mass is 10.1. The summed E-state index contributed by atoms with van der Waals surface area (Å²) in [6, 6.07) is 3.55. The van der Waals surface area contributed by atoms with Crippen LogP contribution in [-0.4, -0.2) is 17.8 Å². The fourth-order valence-electron chi connectivity index (χ4n) is 2.03. The normalized spacial score (nSPS) is 20.2. The molecule has 1 amide bonds. The van der Waals surface area contributed by atoms with Crippen molar-refractivity contribution in [2.75, 3.05) is 16.8 Å². The third-order valence-electron chi connectivity index (χ3n) is 2.94. The van der Waals surface area contributed by atoms with Gasteiger partial charge in [-0.2, -0.15) is 13.2 Å². The summed E-state index contributed by atoms with van der Waals surface area (Å²) in [4.78, 5) is 13.2.